The van der Waals surface area contributed by atoms with Crippen LogP contribution >= 0.6 is 0 Å². The molecule has 162 valence electrons. The van der Waals surface area contributed by atoms with Crippen LogP contribution in [0.15, 0.2) is 53.5 Å². The average Bonchev–Trinajstić information content (AvgIpc) is 2.75. The Morgan fingerprint density at radius 2 is 1.90 bits per heavy atom. The fraction of sp³-hybridized carbons (Fsp3) is 0.409. The lowest BCUT2D eigenvalue weighted by molar-refractivity contribution is -0.138. The number of nitrogens with one attached hydrogen (secondary N) is 2. The number of aliphatic imine (C=N–C) groups is 1. The Labute approximate surface area is 173 Å². The van der Waals surface area contributed by atoms with Crippen LogP contribution in [0.25, 0.3) is 0 Å². The van der Waals surface area contributed by atoms with Gasteiger partial charge in [-0.15, -0.1) is 0 Å². The zero-order valence-corrected chi connectivity index (χ0v) is 16.7. The maximum atomic E-state index is 13.3. The fourth-order valence-corrected chi connectivity index (χ4v) is 3.66. The third kappa shape index (κ3) is 5.72. The lowest BCUT2D eigenvalue weighted by atomic mass is 9.89. The van der Waals surface area contributed by atoms with Gasteiger partial charge < -0.3 is 15.4 Å². The number of hydrogen-bond acceptors (Lipinski definition) is 2. The minimum Gasteiger partial charge on any atom is -0.373 e. The average molecular weight is 423 g/mol. The van der Waals surface area contributed by atoms with Crippen molar-refractivity contribution in [2.24, 2.45) is 10.9 Å². The van der Waals surface area contributed by atoms with Gasteiger partial charge in [0.1, 0.15) is 5.82 Å². The second-order valence-electron chi connectivity index (χ2n) is 7.21. The highest BCUT2D eigenvalue weighted by Crippen LogP contribution is 2.33. The van der Waals surface area contributed by atoms with E-state index in [2.05, 4.69) is 15.6 Å². The van der Waals surface area contributed by atoms with Gasteiger partial charge in [0.15, 0.2) is 5.96 Å². The number of halogens is 4. The molecule has 0 aromatic heterocycles. The predicted octanol–water partition coefficient (Wildman–Crippen LogP) is 4.68. The number of rotatable bonds is 5. The minimum absolute atomic E-state index is 0.0421. The summed E-state index contributed by atoms with van der Waals surface area (Å²) >= 11 is 0. The molecule has 2 N–H and O–H groups in total. The van der Waals surface area contributed by atoms with Crippen LogP contribution in [0.4, 0.5) is 17.6 Å². The molecule has 2 aromatic carbocycles. The topological polar surface area (TPSA) is 45.7 Å². The molecule has 0 aliphatic carbocycles. The van der Waals surface area contributed by atoms with Crippen molar-refractivity contribution in [2.45, 2.75) is 31.7 Å². The van der Waals surface area contributed by atoms with Crippen molar-refractivity contribution in [1.82, 2.24) is 10.6 Å². The molecule has 1 aliphatic heterocycles. The van der Waals surface area contributed by atoms with Gasteiger partial charge in [0.25, 0.3) is 0 Å². The van der Waals surface area contributed by atoms with E-state index in [-0.39, 0.29) is 24.1 Å². The van der Waals surface area contributed by atoms with Crippen LogP contribution in [0, 0.1) is 11.7 Å². The molecule has 0 amide bonds. The predicted molar refractivity (Wildman–Crippen MR) is 107 cm³/mol. The summed E-state index contributed by atoms with van der Waals surface area (Å²) in [5, 5.41) is 6.07. The summed E-state index contributed by atoms with van der Waals surface area (Å²) in [4.78, 5) is 4.09. The number of ether oxygens (including phenoxy) is 1. The monoisotopic (exact) mass is 423 g/mol. The van der Waals surface area contributed by atoms with E-state index in [0.29, 0.717) is 25.2 Å². The van der Waals surface area contributed by atoms with Gasteiger partial charge in [-0.3, -0.25) is 4.99 Å². The van der Waals surface area contributed by atoms with E-state index in [0.717, 1.165) is 30.5 Å². The third-order valence-corrected chi connectivity index (χ3v) is 5.15. The molecule has 2 unspecified atom stereocenters. The standard InChI is InChI=1S/C22H25F4N3O/c1-27-21(28-13-16-9-10-18(23)12-19(16)22(24,25)26)29-14-17-8-5-11-30-20(17)15-6-3-2-4-7-15/h2-4,6-7,9-10,12,17,20H,5,8,11,13-14H2,1H3,(H2,27,28,29). The minimum atomic E-state index is -4.63. The smallest absolute Gasteiger partial charge is 0.373 e. The maximum Gasteiger partial charge on any atom is 0.416 e. The summed E-state index contributed by atoms with van der Waals surface area (Å²) in [6.07, 6.45) is -2.75. The number of hydrogen-bond donors (Lipinski definition) is 2. The lowest BCUT2D eigenvalue weighted by Gasteiger charge is -2.32. The third-order valence-electron chi connectivity index (χ3n) is 5.15. The van der Waals surface area contributed by atoms with Crippen molar-refractivity contribution < 1.29 is 22.3 Å². The summed E-state index contributed by atoms with van der Waals surface area (Å²) in [5.41, 5.74) is 0.0679. The molecule has 4 nitrogen and oxygen atoms in total. The van der Waals surface area contributed by atoms with Gasteiger partial charge in [-0.2, -0.15) is 13.2 Å². The summed E-state index contributed by atoms with van der Waals surface area (Å²) < 4.78 is 58.8. The second-order valence-corrected chi connectivity index (χ2v) is 7.21. The molecule has 1 fully saturated rings. The van der Waals surface area contributed by atoms with Gasteiger partial charge in [0.05, 0.1) is 11.7 Å². The van der Waals surface area contributed by atoms with Gasteiger partial charge in [-0.1, -0.05) is 36.4 Å². The SMILES string of the molecule is CN=C(NCc1ccc(F)cc1C(F)(F)F)NCC1CCCOC1c1ccccc1. The number of nitrogens with zero attached hydrogens (tertiary/aromatic N) is 1. The zero-order chi connectivity index (χ0) is 21.6. The van der Waals surface area contributed by atoms with Crippen molar-refractivity contribution in [2.75, 3.05) is 20.2 Å². The quantitative estimate of drug-likeness (QED) is 0.417. The van der Waals surface area contributed by atoms with Crippen LogP contribution in [0.2, 0.25) is 0 Å². The Morgan fingerprint density at radius 3 is 2.60 bits per heavy atom. The van der Waals surface area contributed by atoms with E-state index in [1.807, 2.05) is 30.3 Å². The van der Waals surface area contributed by atoms with E-state index in [1.54, 1.807) is 7.05 Å². The molecular weight excluding hydrogens is 398 g/mol. The zero-order valence-electron chi connectivity index (χ0n) is 16.7. The molecule has 2 atom stereocenters. The largest absolute Gasteiger partial charge is 0.416 e. The van der Waals surface area contributed by atoms with Crippen molar-refractivity contribution in [1.29, 1.82) is 0 Å². The van der Waals surface area contributed by atoms with Crippen molar-refractivity contribution in [3.05, 3.63) is 71.0 Å². The molecule has 1 saturated heterocycles. The first kappa shape index (κ1) is 22.1. The van der Waals surface area contributed by atoms with Gasteiger partial charge >= 0.3 is 6.18 Å². The van der Waals surface area contributed by atoms with E-state index < -0.39 is 17.6 Å². The van der Waals surface area contributed by atoms with E-state index >= 15 is 0 Å². The van der Waals surface area contributed by atoms with Gasteiger partial charge in [0, 0.05) is 32.7 Å². The highest BCUT2D eigenvalue weighted by molar-refractivity contribution is 5.79. The first-order valence-corrected chi connectivity index (χ1v) is 9.85. The van der Waals surface area contributed by atoms with E-state index in [9.17, 15) is 17.6 Å². The van der Waals surface area contributed by atoms with Gasteiger partial charge in [-0.25, -0.2) is 4.39 Å². The van der Waals surface area contributed by atoms with Crippen molar-refractivity contribution >= 4 is 5.96 Å². The number of guanidine groups is 1. The molecular formula is C22H25F4N3O. The van der Waals surface area contributed by atoms with Crippen LogP contribution in [0.5, 0.6) is 0 Å². The Morgan fingerprint density at radius 1 is 1.13 bits per heavy atom. The van der Waals surface area contributed by atoms with Crippen molar-refractivity contribution in [3.63, 3.8) is 0 Å². The normalized spacial score (nSPS) is 20.1. The van der Waals surface area contributed by atoms with E-state index in [4.69, 9.17) is 4.74 Å². The van der Waals surface area contributed by atoms with Crippen LogP contribution in [0.1, 0.15) is 35.6 Å². The maximum absolute atomic E-state index is 13.3. The first-order chi connectivity index (χ1) is 14.4. The van der Waals surface area contributed by atoms with Crippen LogP contribution in [0.3, 0.4) is 0 Å². The van der Waals surface area contributed by atoms with Crippen LogP contribution in [-0.4, -0.2) is 26.2 Å². The molecule has 0 radical (unpaired) electrons. The molecule has 0 saturated carbocycles. The summed E-state index contributed by atoms with van der Waals surface area (Å²) in [5.74, 6) is -0.334. The highest BCUT2D eigenvalue weighted by Gasteiger charge is 2.33. The fourth-order valence-electron chi connectivity index (χ4n) is 3.66. The van der Waals surface area contributed by atoms with Crippen LogP contribution in [-0.2, 0) is 17.5 Å². The lowest BCUT2D eigenvalue weighted by Crippen LogP contribution is -2.41. The molecule has 3 rings (SSSR count). The molecule has 0 bridgehead atoms. The Balaban J connectivity index is 1.61. The van der Waals surface area contributed by atoms with Crippen molar-refractivity contribution in [3.8, 4) is 0 Å². The molecule has 0 spiro atoms. The Bertz CT molecular complexity index is 855. The van der Waals surface area contributed by atoms with Crippen LogP contribution < -0.4 is 10.6 Å². The molecule has 1 aliphatic rings. The van der Waals surface area contributed by atoms with E-state index in [1.165, 1.54) is 0 Å². The second kappa shape index (κ2) is 9.93. The summed E-state index contributed by atoms with van der Waals surface area (Å²) in [6.45, 7) is 1.14. The Hall–Kier alpha value is -2.61. The molecule has 8 heteroatoms. The number of alkyl halides is 3. The number of benzene rings is 2. The Kier molecular flexibility index (Phi) is 7.31. The molecule has 2 aromatic rings. The van der Waals surface area contributed by atoms with Gasteiger partial charge in [-0.05, 0) is 36.1 Å². The summed E-state index contributed by atoms with van der Waals surface area (Å²) in [7, 11) is 1.55. The van der Waals surface area contributed by atoms with Gasteiger partial charge in [0.2, 0.25) is 0 Å². The highest BCUT2D eigenvalue weighted by atomic mass is 19.4. The summed E-state index contributed by atoms with van der Waals surface area (Å²) in [6, 6.07) is 12.6. The molecule has 30 heavy (non-hydrogen) atoms. The molecule has 1 heterocycles. The first-order valence-electron chi connectivity index (χ1n) is 9.85.